The highest BCUT2D eigenvalue weighted by Gasteiger charge is 2.28. The molecule has 2 aliphatic heterocycles. The number of urea groups is 1. The van der Waals surface area contributed by atoms with Crippen LogP contribution in [0.25, 0.3) is 0 Å². The van der Waals surface area contributed by atoms with Crippen molar-refractivity contribution in [3.8, 4) is 0 Å². The molecule has 6 nitrogen and oxygen atoms in total. The molecule has 2 heterocycles. The summed E-state index contributed by atoms with van der Waals surface area (Å²) >= 11 is 0. The van der Waals surface area contributed by atoms with E-state index in [1.54, 1.807) is 23.1 Å². The number of anilines is 1. The van der Waals surface area contributed by atoms with E-state index < -0.39 is 9.84 Å². The second-order valence-electron chi connectivity index (χ2n) is 6.66. The molecule has 2 amide bonds. The van der Waals surface area contributed by atoms with Gasteiger partial charge in [-0.3, -0.25) is 0 Å². The minimum Gasteiger partial charge on any atom is -0.324 e. The van der Waals surface area contributed by atoms with E-state index in [1.807, 2.05) is 0 Å². The first-order valence-electron chi connectivity index (χ1n) is 8.54. The third-order valence-corrected chi connectivity index (χ3v) is 6.09. The van der Waals surface area contributed by atoms with Crippen molar-refractivity contribution < 1.29 is 13.2 Å². The lowest BCUT2D eigenvalue weighted by Crippen LogP contribution is -2.47. The Morgan fingerprint density at radius 1 is 1.08 bits per heavy atom. The van der Waals surface area contributed by atoms with Crippen LogP contribution in [0.1, 0.15) is 25.7 Å². The summed E-state index contributed by atoms with van der Waals surface area (Å²) in [5.74, 6) is 0. The molecule has 0 saturated carbocycles. The Balaban J connectivity index is 1.61. The second kappa shape index (κ2) is 7.11. The molecular weight excluding hydrogens is 326 g/mol. The summed E-state index contributed by atoms with van der Waals surface area (Å²) < 4.78 is 23.7. The van der Waals surface area contributed by atoms with Gasteiger partial charge in [-0.2, -0.15) is 0 Å². The summed E-state index contributed by atoms with van der Waals surface area (Å²) in [6.45, 7) is 3.79. The Kier molecular flexibility index (Phi) is 5.10. The van der Waals surface area contributed by atoms with Crippen molar-refractivity contribution in [1.82, 2.24) is 9.80 Å². The molecule has 0 unspecified atom stereocenters. The Labute approximate surface area is 143 Å². The predicted molar refractivity (Wildman–Crippen MR) is 94.0 cm³/mol. The summed E-state index contributed by atoms with van der Waals surface area (Å²) in [6, 6.07) is 6.90. The number of hydrogen-bond acceptors (Lipinski definition) is 4. The van der Waals surface area contributed by atoms with Crippen LogP contribution in [0, 0.1) is 0 Å². The maximum absolute atomic E-state index is 12.5. The molecule has 0 atom stereocenters. The van der Waals surface area contributed by atoms with Gasteiger partial charge < -0.3 is 15.1 Å². The topological polar surface area (TPSA) is 69.7 Å². The maximum atomic E-state index is 12.5. The van der Waals surface area contributed by atoms with Gasteiger partial charge in [-0.15, -0.1) is 0 Å². The summed E-state index contributed by atoms with van der Waals surface area (Å²) in [5.41, 5.74) is 0.353. The minimum atomic E-state index is -3.37. The van der Waals surface area contributed by atoms with Gasteiger partial charge in [0.1, 0.15) is 0 Å². The van der Waals surface area contributed by atoms with Crippen molar-refractivity contribution in [2.45, 2.75) is 36.6 Å². The SMILES string of the molecule is CS(=O)(=O)c1ccccc1NC(=O)N1CCC(N2CCCC2)CC1. The van der Waals surface area contributed by atoms with E-state index in [4.69, 9.17) is 0 Å². The molecule has 2 fully saturated rings. The summed E-state index contributed by atoms with van der Waals surface area (Å²) in [5, 5.41) is 2.77. The molecule has 7 heteroatoms. The summed E-state index contributed by atoms with van der Waals surface area (Å²) in [4.78, 5) is 17.0. The van der Waals surface area contributed by atoms with Crippen molar-refractivity contribution in [3.63, 3.8) is 0 Å². The maximum Gasteiger partial charge on any atom is 0.321 e. The van der Waals surface area contributed by atoms with Crippen molar-refractivity contribution in [2.24, 2.45) is 0 Å². The molecule has 3 rings (SSSR count). The number of rotatable bonds is 3. The van der Waals surface area contributed by atoms with Crippen LogP contribution in [-0.4, -0.2) is 62.7 Å². The van der Waals surface area contributed by atoms with Crippen LogP contribution in [0.5, 0.6) is 0 Å². The highest BCUT2D eigenvalue weighted by molar-refractivity contribution is 7.90. The Morgan fingerprint density at radius 2 is 1.71 bits per heavy atom. The van der Waals surface area contributed by atoms with E-state index in [0.29, 0.717) is 24.8 Å². The van der Waals surface area contributed by atoms with Crippen LogP contribution in [-0.2, 0) is 9.84 Å². The highest BCUT2D eigenvalue weighted by atomic mass is 32.2. The third kappa shape index (κ3) is 3.89. The molecule has 0 aromatic heterocycles. The van der Waals surface area contributed by atoms with Crippen molar-refractivity contribution >= 4 is 21.6 Å². The zero-order valence-corrected chi connectivity index (χ0v) is 14.9. The van der Waals surface area contributed by atoms with Gasteiger partial charge in [0.05, 0.1) is 10.6 Å². The van der Waals surface area contributed by atoms with Crippen LogP contribution in [0.15, 0.2) is 29.2 Å². The number of nitrogens with zero attached hydrogens (tertiary/aromatic N) is 2. The van der Waals surface area contributed by atoms with Gasteiger partial charge in [0.15, 0.2) is 9.84 Å². The number of piperidine rings is 1. The van der Waals surface area contributed by atoms with E-state index in [1.165, 1.54) is 32.0 Å². The number of likely N-dealkylation sites (tertiary alicyclic amines) is 2. The van der Waals surface area contributed by atoms with Gasteiger partial charge >= 0.3 is 6.03 Å². The lowest BCUT2D eigenvalue weighted by Gasteiger charge is -2.36. The molecule has 0 bridgehead atoms. The first kappa shape index (κ1) is 17.2. The quantitative estimate of drug-likeness (QED) is 0.906. The molecule has 1 aromatic rings. The van der Waals surface area contributed by atoms with Crippen LogP contribution in [0.2, 0.25) is 0 Å². The van der Waals surface area contributed by atoms with Gasteiger partial charge in [0.2, 0.25) is 0 Å². The number of carbonyl (C=O) groups is 1. The van der Waals surface area contributed by atoms with Crippen LogP contribution >= 0.6 is 0 Å². The Morgan fingerprint density at radius 3 is 2.33 bits per heavy atom. The molecule has 1 N–H and O–H groups in total. The van der Waals surface area contributed by atoms with E-state index in [9.17, 15) is 13.2 Å². The molecule has 2 aliphatic rings. The number of carbonyl (C=O) groups excluding carboxylic acids is 1. The molecule has 2 saturated heterocycles. The van der Waals surface area contributed by atoms with Crippen molar-refractivity contribution in [3.05, 3.63) is 24.3 Å². The normalized spacial score (nSPS) is 20.3. The van der Waals surface area contributed by atoms with Gasteiger partial charge in [-0.1, -0.05) is 12.1 Å². The standard InChI is InChI=1S/C17H25N3O3S/c1-24(22,23)16-7-3-2-6-15(16)18-17(21)20-12-8-14(9-13-20)19-10-4-5-11-19/h2-3,6-7,14H,4-5,8-13H2,1H3,(H,18,21). The number of sulfone groups is 1. The lowest BCUT2D eigenvalue weighted by molar-refractivity contribution is 0.140. The second-order valence-corrected chi connectivity index (χ2v) is 8.64. The summed E-state index contributed by atoms with van der Waals surface area (Å²) in [6.07, 6.45) is 5.69. The number of nitrogens with one attached hydrogen (secondary N) is 1. The van der Waals surface area contributed by atoms with Crippen molar-refractivity contribution in [2.75, 3.05) is 37.8 Å². The minimum absolute atomic E-state index is 0.158. The first-order valence-corrected chi connectivity index (χ1v) is 10.4. The monoisotopic (exact) mass is 351 g/mol. The average molecular weight is 351 g/mol. The van der Waals surface area contributed by atoms with E-state index in [2.05, 4.69) is 10.2 Å². The molecular formula is C17H25N3O3S. The lowest BCUT2D eigenvalue weighted by atomic mass is 10.0. The highest BCUT2D eigenvalue weighted by Crippen LogP contribution is 2.24. The third-order valence-electron chi connectivity index (χ3n) is 4.94. The zero-order chi connectivity index (χ0) is 17.2. The zero-order valence-electron chi connectivity index (χ0n) is 14.1. The van der Waals surface area contributed by atoms with E-state index >= 15 is 0 Å². The van der Waals surface area contributed by atoms with E-state index in [0.717, 1.165) is 19.1 Å². The fourth-order valence-electron chi connectivity index (χ4n) is 3.63. The van der Waals surface area contributed by atoms with Gasteiger partial charge in [0.25, 0.3) is 0 Å². The Hall–Kier alpha value is -1.60. The Bertz CT molecular complexity index is 691. The van der Waals surface area contributed by atoms with Gasteiger partial charge in [0, 0.05) is 25.4 Å². The van der Waals surface area contributed by atoms with E-state index in [-0.39, 0.29) is 10.9 Å². The number of hydrogen-bond donors (Lipinski definition) is 1. The van der Waals surface area contributed by atoms with Crippen molar-refractivity contribution in [1.29, 1.82) is 0 Å². The largest absolute Gasteiger partial charge is 0.324 e. The van der Waals surface area contributed by atoms with Crippen LogP contribution in [0.3, 0.4) is 0 Å². The molecule has 24 heavy (non-hydrogen) atoms. The van der Waals surface area contributed by atoms with Gasteiger partial charge in [-0.25, -0.2) is 13.2 Å². The fourth-order valence-corrected chi connectivity index (χ4v) is 4.47. The number of benzene rings is 1. The summed E-state index contributed by atoms with van der Waals surface area (Å²) in [7, 11) is -3.37. The van der Waals surface area contributed by atoms with Crippen LogP contribution in [0.4, 0.5) is 10.5 Å². The molecule has 132 valence electrons. The fraction of sp³-hybridized carbons (Fsp3) is 0.588. The first-order chi connectivity index (χ1) is 11.4. The number of amides is 2. The number of para-hydroxylation sites is 1. The molecule has 0 radical (unpaired) electrons. The predicted octanol–water partition coefficient (Wildman–Crippen LogP) is 2.18. The van der Waals surface area contributed by atoms with Crippen LogP contribution < -0.4 is 5.32 Å². The molecule has 1 aromatic carbocycles. The smallest absolute Gasteiger partial charge is 0.321 e. The average Bonchev–Trinajstić information content (AvgIpc) is 3.09. The molecule has 0 aliphatic carbocycles. The van der Waals surface area contributed by atoms with Gasteiger partial charge in [-0.05, 0) is 50.9 Å². The molecule has 0 spiro atoms.